The molecule has 0 saturated carbocycles. The first-order valence-corrected chi connectivity index (χ1v) is 5.20. The quantitative estimate of drug-likeness (QED) is 0.762. The molecule has 1 aromatic rings. The Labute approximate surface area is 92.6 Å². The first-order chi connectivity index (χ1) is 7.58. The highest BCUT2D eigenvalue weighted by Gasteiger charge is 2.25. The van der Waals surface area contributed by atoms with Crippen LogP contribution in [0.2, 0.25) is 0 Å². The van der Waals surface area contributed by atoms with Gasteiger partial charge in [0.05, 0.1) is 12.1 Å². The van der Waals surface area contributed by atoms with Crippen LogP contribution < -0.4 is 11.1 Å². The van der Waals surface area contributed by atoms with Crippen molar-refractivity contribution in [2.45, 2.75) is 25.5 Å². The van der Waals surface area contributed by atoms with E-state index in [0.29, 0.717) is 6.61 Å². The van der Waals surface area contributed by atoms with Crippen LogP contribution in [0.3, 0.4) is 0 Å². The summed E-state index contributed by atoms with van der Waals surface area (Å²) in [6.07, 6.45) is 0.695. The average Bonchev–Trinajstić information content (AvgIpc) is 2.57. The molecule has 1 fully saturated rings. The van der Waals surface area contributed by atoms with Crippen molar-refractivity contribution in [3.63, 3.8) is 0 Å². The van der Waals surface area contributed by atoms with Gasteiger partial charge in [0.25, 0.3) is 0 Å². The number of ether oxygens (including phenoxy) is 1. The molecule has 5 heteroatoms. The Morgan fingerprint density at radius 1 is 1.38 bits per heavy atom. The Hall–Kier alpha value is -1.36. The Balaban J connectivity index is 2.21. The first-order valence-electron chi connectivity index (χ1n) is 5.20. The summed E-state index contributed by atoms with van der Waals surface area (Å²) < 4.78 is 32.2. The molecule has 0 aromatic heterocycles. The van der Waals surface area contributed by atoms with Crippen molar-refractivity contribution in [2.24, 2.45) is 0 Å². The summed E-state index contributed by atoms with van der Waals surface area (Å²) in [6.45, 7) is 2.48. The highest BCUT2D eigenvalue weighted by molar-refractivity contribution is 5.54. The maximum Gasteiger partial charge on any atom is 0.151 e. The molecule has 0 aliphatic carbocycles. The van der Waals surface area contributed by atoms with Gasteiger partial charge in [0.15, 0.2) is 11.6 Å². The molecule has 88 valence electrons. The van der Waals surface area contributed by atoms with E-state index in [1.54, 1.807) is 0 Å². The molecule has 16 heavy (non-hydrogen) atoms. The van der Waals surface area contributed by atoms with Crippen LogP contribution in [0.1, 0.15) is 13.3 Å². The molecular weight excluding hydrogens is 214 g/mol. The first kappa shape index (κ1) is 11.1. The smallest absolute Gasteiger partial charge is 0.151 e. The molecule has 1 heterocycles. The molecule has 0 radical (unpaired) electrons. The van der Waals surface area contributed by atoms with Crippen LogP contribution in [0.15, 0.2) is 12.1 Å². The highest BCUT2D eigenvalue weighted by Crippen LogP contribution is 2.25. The number of hydrogen-bond acceptors (Lipinski definition) is 3. The minimum Gasteiger partial charge on any atom is -0.399 e. The predicted octanol–water partition coefficient (Wildman–Crippen LogP) is 2.14. The summed E-state index contributed by atoms with van der Waals surface area (Å²) in [5, 5.41) is 2.82. The Morgan fingerprint density at radius 2 is 2.00 bits per heavy atom. The van der Waals surface area contributed by atoms with Gasteiger partial charge in [-0.15, -0.1) is 0 Å². The number of anilines is 2. The van der Waals surface area contributed by atoms with Crippen molar-refractivity contribution in [3.05, 3.63) is 23.8 Å². The van der Waals surface area contributed by atoms with Gasteiger partial charge < -0.3 is 15.8 Å². The minimum absolute atomic E-state index is 0.0450. The van der Waals surface area contributed by atoms with E-state index < -0.39 is 11.6 Å². The number of benzene rings is 1. The van der Waals surface area contributed by atoms with Gasteiger partial charge in [-0.25, -0.2) is 8.78 Å². The third kappa shape index (κ3) is 2.09. The lowest BCUT2D eigenvalue weighted by Crippen LogP contribution is -2.27. The Bertz CT molecular complexity index is 375. The van der Waals surface area contributed by atoms with Crippen molar-refractivity contribution in [3.8, 4) is 0 Å². The van der Waals surface area contributed by atoms with Crippen LogP contribution in [0, 0.1) is 11.6 Å². The molecule has 1 aliphatic rings. The summed E-state index contributed by atoms with van der Waals surface area (Å²) in [5.74, 6) is -1.34. The van der Waals surface area contributed by atoms with Crippen molar-refractivity contribution in [1.82, 2.24) is 0 Å². The van der Waals surface area contributed by atoms with Gasteiger partial charge >= 0.3 is 0 Å². The topological polar surface area (TPSA) is 47.3 Å². The molecular formula is C11H14F2N2O. The van der Waals surface area contributed by atoms with Crippen molar-refractivity contribution >= 4 is 11.4 Å². The number of nitrogen functional groups attached to an aromatic ring is 1. The normalized spacial score (nSPS) is 24.7. The third-order valence-electron chi connectivity index (χ3n) is 2.77. The maximum atomic E-state index is 13.5. The van der Waals surface area contributed by atoms with E-state index in [-0.39, 0.29) is 23.5 Å². The lowest BCUT2D eigenvalue weighted by Gasteiger charge is -2.18. The molecule has 0 amide bonds. The van der Waals surface area contributed by atoms with Crippen molar-refractivity contribution < 1.29 is 13.5 Å². The van der Waals surface area contributed by atoms with Crippen LogP contribution in [-0.2, 0) is 4.74 Å². The highest BCUT2D eigenvalue weighted by atomic mass is 19.1. The third-order valence-corrected chi connectivity index (χ3v) is 2.77. The molecule has 3 N–H and O–H groups in total. The molecule has 0 spiro atoms. The molecule has 1 aromatic carbocycles. The van der Waals surface area contributed by atoms with Crippen molar-refractivity contribution in [1.29, 1.82) is 0 Å². The zero-order chi connectivity index (χ0) is 11.7. The van der Waals surface area contributed by atoms with Crippen LogP contribution >= 0.6 is 0 Å². The fourth-order valence-corrected chi connectivity index (χ4v) is 1.84. The van der Waals surface area contributed by atoms with E-state index in [0.717, 1.165) is 18.6 Å². The Kier molecular flexibility index (Phi) is 2.96. The second-order valence-corrected chi connectivity index (χ2v) is 3.97. The molecule has 1 saturated heterocycles. The van der Waals surface area contributed by atoms with Crippen LogP contribution in [0.4, 0.5) is 20.2 Å². The lowest BCUT2D eigenvalue weighted by atomic mass is 10.1. The van der Waals surface area contributed by atoms with E-state index in [1.807, 2.05) is 6.92 Å². The van der Waals surface area contributed by atoms with Gasteiger partial charge in [0, 0.05) is 12.3 Å². The summed E-state index contributed by atoms with van der Waals surface area (Å²) in [5.41, 5.74) is 5.28. The van der Waals surface area contributed by atoms with Gasteiger partial charge in [-0.3, -0.25) is 0 Å². The van der Waals surface area contributed by atoms with Gasteiger partial charge in [-0.2, -0.15) is 0 Å². The molecule has 3 nitrogen and oxygen atoms in total. The van der Waals surface area contributed by atoms with Gasteiger partial charge in [0.1, 0.15) is 5.69 Å². The van der Waals surface area contributed by atoms with E-state index in [2.05, 4.69) is 5.32 Å². The zero-order valence-electron chi connectivity index (χ0n) is 8.97. The van der Waals surface area contributed by atoms with E-state index in [1.165, 1.54) is 0 Å². The van der Waals surface area contributed by atoms with Gasteiger partial charge in [-0.1, -0.05) is 0 Å². The summed E-state index contributed by atoms with van der Waals surface area (Å²) >= 11 is 0. The lowest BCUT2D eigenvalue weighted by molar-refractivity contribution is 0.121. The standard InChI is InChI=1S/C11H14F2N2O/c1-6-10(2-3-16-6)15-11-8(12)4-7(14)5-9(11)13/h4-6,10,15H,2-3,14H2,1H3. The molecule has 0 bridgehead atoms. The molecule has 2 unspecified atom stereocenters. The summed E-state index contributed by atoms with van der Waals surface area (Å²) in [7, 11) is 0. The fraction of sp³-hybridized carbons (Fsp3) is 0.455. The van der Waals surface area contributed by atoms with E-state index in [9.17, 15) is 8.78 Å². The number of nitrogens with two attached hydrogens (primary N) is 1. The van der Waals surface area contributed by atoms with Gasteiger partial charge in [-0.05, 0) is 25.5 Å². The van der Waals surface area contributed by atoms with Crippen LogP contribution in [-0.4, -0.2) is 18.8 Å². The van der Waals surface area contributed by atoms with Crippen LogP contribution in [0.5, 0.6) is 0 Å². The van der Waals surface area contributed by atoms with Crippen LogP contribution in [0.25, 0.3) is 0 Å². The number of nitrogens with one attached hydrogen (secondary N) is 1. The van der Waals surface area contributed by atoms with Crippen molar-refractivity contribution in [2.75, 3.05) is 17.7 Å². The second kappa shape index (κ2) is 4.25. The number of hydrogen-bond donors (Lipinski definition) is 2. The monoisotopic (exact) mass is 228 g/mol. The minimum atomic E-state index is -0.670. The second-order valence-electron chi connectivity index (χ2n) is 3.97. The largest absolute Gasteiger partial charge is 0.399 e. The number of rotatable bonds is 2. The zero-order valence-corrected chi connectivity index (χ0v) is 8.97. The average molecular weight is 228 g/mol. The fourth-order valence-electron chi connectivity index (χ4n) is 1.84. The van der Waals surface area contributed by atoms with E-state index in [4.69, 9.17) is 10.5 Å². The molecule has 1 aliphatic heterocycles. The van der Waals surface area contributed by atoms with E-state index >= 15 is 0 Å². The molecule has 2 atom stereocenters. The summed E-state index contributed by atoms with van der Waals surface area (Å²) in [6, 6.07) is 2.14. The van der Waals surface area contributed by atoms with Gasteiger partial charge in [0.2, 0.25) is 0 Å². The SMILES string of the molecule is CC1OCCC1Nc1c(F)cc(N)cc1F. The predicted molar refractivity (Wildman–Crippen MR) is 58.2 cm³/mol. The molecule has 2 rings (SSSR count). The summed E-state index contributed by atoms with van der Waals surface area (Å²) in [4.78, 5) is 0. The maximum absolute atomic E-state index is 13.5. The number of halogens is 2. The Morgan fingerprint density at radius 3 is 2.50 bits per heavy atom.